The molecule has 0 amide bonds. The Balaban J connectivity index is 1.90. The second-order valence-corrected chi connectivity index (χ2v) is 5.76. The van der Waals surface area contributed by atoms with Gasteiger partial charge in [0.25, 0.3) is 5.88 Å². The van der Waals surface area contributed by atoms with Crippen molar-refractivity contribution in [1.29, 1.82) is 5.26 Å². The standard InChI is InChI=1S/C17H13BrN4O/c18-13-6-8-14(9-7-13)22-16(20)15(10-19)17(21-22)23-11-12-4-2-1-3-5-12/h1-9H,11,20H2. The molecule has 2 N–H and O–H groups in total. The number of aromatic nitrogens is 2. The van der Waals surface area contributed by atoms with E-state index in [2.05, 4.69) is 27.1 Å². The molecule has 23 heavy (non-hydrogen) atoms. The monoisotopic (exact) mass is 368 g/mol. The molecule has 0 atom stereocenters. The summed E-state index contributed by atoms with van der Waals surface area (Å²) in [5, 5.41) is 13.7. The first-order valence-corrected chi connectivity index (χ1v) is 7.69. The minimum Gasteiger partial charge on any atom is -0.471 e. The van der Waals surface area contributed by atoms with E-state index in [9.17, 15) is 5.26 Å². The molecule has 114 valence electrons. The molecular formula is C17H13BrN4O. The van der Waals surface area contributed by atoms with Crippen LogP contribution in [0.4, 0.5) is 5.82 Å². The fourth-order valence-electron chi connectivity index (χ4n) is 2.12. The highest BCUT2D eigenvalue weighted by Crippen LogP contribution is 2.27. The zero-order chi connectivity index (χ0) is 16.2. The van der Waals surface area contributed by atoms with Gasteiger partial charge in [0.05, 0.1) is 5.69 Å². The lowest BCUT2D eigenvalue weighted by atomic mass is 10.2. The van der Waals surface area contributed by atoms with E-state index in [1.807, 2.05) is 54.6 Å². The SMILES string of the molecule is N#Cc1c(OCc2ccccc2)nn(-c2ccc(Br)cc2)c1N. The molecule has 5 nitrogen and oxygen atoms in total. The van der Waals surface area contributed by atoms with Gasteiger partial charge in [-0.25, -0.2) is 4.68 Å². The van der Waals surface area contributed by atoms with Gasteiger partial charge in [0.1, 0.15) is 18.5 Å². The number of benzene rings is 2. The molecule has 0 unspecified atom stereocenters. The first kappa shape index (κ1) is 15.1. The summed E-state index contributed by atoms with van der Waals surface area (Å²) in [7, 11) is 0. The van der Waals surface area contributed by atoms with Crippen LogP contribution in [0.1, 0.15) is 11.1 Å². The molecule has 0 aliphatic rings. The van der Waals surface area contributed by atoms with Gasteiger partial charge in [0.2, 0.25) is 0 Å². The van der Waals surface area contributed by atoms with E-state index < -0.39 is 0 Å². The Kier molecular flexibility index (Phi) is 4.31. The molecule has 3 aromatic rings. The highest BCUT2D eigenvalue weighted by molar-refractivity contribution is 9.10. The predicted molar refractivity (Wildman–Crippen MR) is 91.2 cm³/mol. The maximum absolute atomic E-state index is 9.33. The summed E-state index contributed by atoms with van der Waals surface area (Å²) in [4.78, 5) is 0. The average Bonchev–Trinajstić information content (AvgIpc) is 2.90. The molecule has 0 fully saturated rings. The molecule has 0 saturated heterocycles. The molecule has 0 spiro atoms. The lowest BCUT2D eigenvalue weighted by Gasteiger charge is -2.04. The van der Waals surface area contributed by atoms with Crippen molar-refractivity contribution >= 4 is 21.7 Å². The van der Waals surface area contributed by atoms with Gasteiger partial charge in [0, 0.05) is 4.47 Å². The van der Waals surface area contributed by atoms with Gasteiger partial charge in [-0.1, -0.05) is 46.3 Å². The van der Waals surface area contributed by atoms with Gasteiger partial charge in [-0.05, 0) is 29.8 Å². The summed E-state index contributed by atoms with van der Waals surface area (Å²) in [5.41, 5.74) is 8.03. The van der Waals surface area contributed by atoms with Gasteiger partial charge < -0.3 is 10.5 Å². The number of rotatable bonds is 4. The minimum atomic E-state index is 0.233. The molecule has 0 aliphatic carbocycles. The molecule has 1 aromatic heterocycles. The van der Waals surface area contributed by atoms with E-state index in [1.54, 1.807) is 0 Å². The van der Waals surface area contributed by atoms with Crippen LogP contribution in [0.5, 0.6) is 5.88 Å². The normalized spacial score (nSPS) is 10.3. The van der Waals surface area contributed by atoms with Crippen LogP contribution in [-0.2, 0) is 6.61 Å². The van der Waals surface area contributed by atoms with Crippen molar-refractivity contribution in [2.24, 2.45) is 0 Å². The number of nitrogens with two attached hydrogens (primary N) is 1. The van der Waals surface area contributed by atoms with Crippen LogP contribution in [0, 0.1) is 11.3 Å². The third-order valence-electron chi connectivity index (χ3n) is 3.29. The maximum Gasteiger partial charge on any atom is 0.254 e. The van der Waals surface area contributed by atoms with Crippen LogP contribution in [0.15, 0.2) is 59.1 Å². The Bertz CT molecular complexity index is 851. The molecule has 1 heterocycles. The van der Waals surface area contributed by atoms with Crippen LogP contribution >= 0.6 is 15.9 Å². The van der Waals surface area contributed by atoms with Crippen LogP contribution in [0.25, 0.3) is 5.69 Å². The zero-order valence-electron chi connectivity index (χ0n) is 12.1. The second-order valence-electron chi connectivity index (χ2n) is 4.84. The van der Waals surface area contributed by atoms with E-state index in [0.29, 0.717) is 6.61 Å². The fraction of sp³-hybridized carbons (Fsp3) is 0.0588. The Morgan fingerprint density at radius 1 is 1.13 bits per heavy atom. The largest absolute Gasteiger partial charge is 0.471 e. The number of nitrogens with zero attached hydrogens (tertiary/aromatic N) is 3. The minimum absolute atomic E-state index is 0.233. The lowest BCUT2D eigenvalue weighted by Crippen LogP contribution is -2.02. The molecular weight excluding hydrogens is 356 g/mol. The number of hydrogen-bond acceptors (Lipinski definition) is 4. The van der Waals surface area contributed by atoms with Crippen LogP contribution in [0.2, 0.25) is 0 Å². The molecule has 0 saturated carbocycles. The number of halogens is 1. The average molecular weight is 369 g/mol. The Hall–Kier alpha value is -2.78. The summed E-state index contributed by atoms with van der Waals surface area (Å²) in [6.07, 6.45) is 0. The summed E-state index contributed by atoms with van der Waals surface area (Å²) in [6, 6.07) is 19.2. The van der Waals surface area contributed by atoms with Crippen molar-refractivity contribution in [2.75, 3.05) is 5.73 Å². The Morgan fingerprint density at radius 3 is 2.48 bits per heavy atom. The van der Waals surface area contributed by atoms with E-state index >= 15 is 0 Å². The molecule has 0 aliphatic heterocycles. The van der Waals surface area contributed by atoms with Crippen molar-refractivity contribution in [2.45, 2.75) is 6.61 Å². The number of ether oxygens (including phenoxy) is 1. The summed E-state index contributed by atoms with van der Waals surface area (Å²) in [6.45, 7) is 0.326. The molecule has 2 aromatic carbocycles. The molecule has 3 rings (SSSR count). The first-order chi connectivity index (χ1) is 11.2. The van der Waals surface area contributed by atoms with Crippen molar-refractivity contribution in [3.63, 3.8) is 0 Å². The van der Waals surface area contributed by atoms with Gasteiger partial charge in [-0.2, -0.15) is 5.26 Å². The van der Waals surface area contributed by atoms with Gasteiger partial charge >= 0.3 is 0 Å². The van der Waals surface area contributed by atoms with Gasteiger partial charge in [-0.15, -0.1) is 5.10 Å². The van der Waals surface area contributed by atoms with Crippen molar-refractivity contribution < 1.29 is 4.74 Å². The van der Waals surface area contributed by atoms with Gasteiger partial charge in [0.15, 0.2) is 5.56 Å². The second kappa shape index (κ2) is 6.55. The number of nitrogen functional groups attached to an aromatic ring is 1. The summed E-state index contributed by atoms with van der Waals surface area (Å²) in [5.74, 6) is 0.495. The third-order valence-corrected chi connectivity index (χ3v) is 3.82. The summed E-state index contributed by atoms with van der Waals surface area (Å²) < 4.78 is 8.13. The van der Waals surface area contributed by atoms with E-state index in [0.717, 1.165) is 15.7 Å². The number of nitriles is 1. The summed E-state index contributed by atoms with van der Waals surface area (Å²) >= 11 is 3.38. The van der Waals surface area contributed by atoms with Crippen LogP contribution in [0.3, 0.4) is 0 Å². The van der Waals surface area contributed by atoms with Crippen LogP contribution in [-0.4, -0.2) is 9.78 Å². The van der Waals surface area contributed by atoms with Crippen molar-refractivity contribution in [1.82, 2.24) is 9.78 Å². The van der Waals surface area contributed by atoms with Crippen molar-refractivity contribution in [3.05, 3.63) is 70.2 Å². The van der Waals surface area contributed by atoms with Crippen molar-refractivity contribution in [3.8, 4) is 17.6 Å². The highest BCUT2D eigenvalue weighted by atomic mass is 79.9. The number of hydrogen-bond donors (Lipinski definition) is 1. The predicted octanol–water partition coefficient (Wildman–Crippen LogP) is 3.67. The Morgan fingerprint density at radius 2 is 1.83 bits per heavy atom. The topological polar surface area (TPSA) is 76.9 Å². The number of anilines is 1. The molecule has 0 radical (unpaired) electrons. The maximum atomic E-state index is 9.33. The van der Waals surface area contributed by atoms with Crippen LogP contribution < -0.4 is 10.5 Å². The van der Waals surface area contributed by atoms with E-state index in [4.69, 9.17) is 10.5 Å². The first-order valence-electron chi connectivity index (χ1n) is 6.90. The van der Waals surface area contributed by atoms with Gasteiger partial charge in [-0.3, -0.25) is 0 Å². The third kappa shape index (κ3) is 3.20. The highest BCUT2D eigenvalue weighted by Gasteiger charge is 2.18. The van der Waals surface area contributed by atoms with E-state index in [1.165, 1.54) is 4.68 Å². The lowest BCUT2D eigenvalue weighted by molar-refractivity contribution is 0.291. The quantitative estimate of drug-likeness (QED) is 0.761. The van der Waals surface area contributed by atoms with E-state index in [-0.39, 0.29) is 17.3 Å². The Labute approximate surface area is 142 Å². The zero-order valence-corrected chi connectivity index (χ0v) is 13.7. The molecule has 6 heteroatoms. The molecule has 0 bridgehead atoms. The smallest absolute Gasteiger partial charge is 0.254 e. The fourth-order valence-corrected chi connectivity index (χ4v) is 2.39.